The molecule has 7 nitrogen and oxygen atoms in total. The number of carbonyl (C=O) groups is 2. The third kappa shape index (κ3) is 3.64. The molecule has 2 aromatic heterocycles. The first-order valence-electron chi connectivity index (χ1n) is 10.1. The van der Waals surface area contributed by atoms with Crippen LogP contribution in [0.1, 0.15) is 43.2 Å². The van der Waals surface area contributed by atoms with E-state index in [9.17, 15) is 9.59 Å². The highest BCUT2D eigenvalue weighted by atomic mass is 32.1. The van der Waals surface area contributed by atoms with E-state index in [-0.39, 0.29) is 24.2 Å². The van der Waals surface area contributed by atoms with Gasteiger partial charge in [-0.1, -0.05) is 12.1 Å². The van der Waals surface area contributed by atoms with E-state index in [0.717, 1.165) is 48.5 Å². The Hall–Kier alpha value is -2.74. The zero-order valence-electron chi connectivity index (χ0n) is 16.0. The maximum Gasteiger partial charge on any atom is 0.228 e. The molecule has 2 amide bonds. The van der Waals surface area contributed by atoms with Crippen molar-refractivity contribution in [3.63, 3.8) is 0 Å². The molecule has 1 aromatic carbocycles. The van der Waals surface area contributed by atoms with Crippen LogP contribution in [0.2, 0.25) is 0 Å². The van der Waals surface area contributed by atoms with E-state index >= 15 is 0 Å². The van der Waals surface area contributed by atoms with Crippen molar-refractivity contribution in [2.24, 2.45) is 0 Å². The zero-order valence-corrected chi connectivity index (χ0v) is 16.9. The van der Waals surface area contributed by atoms with Crippen molar-refractivity contribution in [1.29, 1.82) is 0 Å². The molecule has 150 valence electrons. The molecule has 4 heterocycles. The fraction of sp³-hybridized carbons (Fsp3) is 0.429. The molecule has 2 saturated heterocycles. The van der Waals surface area contributed by atoms with Crippen molar-refractivity contribution < 1.29 is 14.0 Å². The van der Waals surface area contributed by atoms with E-state index in [1.807, 2.05) is 34.5 Å². The van der Waals surface area contributed by atoms with Gasteiger partial charge in [0.2, 0.25) is 11.8 Å². The van der Waals surface area contributed by atoms with E-state index in [1.165, 1.54) is 11.3 Å². The molecule has 5 rings (SSSR count). The van der Waals surface area contributed by atoms with E-state index in [2.05, 4.69) is 9.97 Å². The van der Waals surface area contributed by atoms with Gasteiger partial charge in [-0.05, 0) is 31.4 Å². The van der Waals surface area contributed by atoms with Gasteiger partial charge < -0.3 is 9.32 Å². The number of para-hydroxylation sites is 2. The Balaban J connectivity index is 1.18. The maximum atomic E-state index is 12.7. The summed E-state index contributed by atoms with van der Waals surface area (Å²) in [7, 11) is 0. The number of hydrogen-bond donors (Lipinski definition) is 0. The molecule has 2 aliphatic rings. The fourth-order valence-corrected chi connectivity index (χ4v) is 4.93. The fourth-order valence-electron chi connectivity index (χ4n) is 4.06. The number of rotatable bonds is 4. The molecule has 29 heavy (non-hydrogen) atoms. The second kappa shape index (κ2) is 7.59. The lowest BCUT2D eigenvalue weighted by atomic mass is 9.96. The highest BCUT2D eigenvalue weighted by molar-refractivity contribution is 7.14. The summed E-state index contributed by atoms with van der Waals surface area (Å²) in [5, 5.41) is 2.61. The molecule has 2 fully saturated rings. The first-order chi connectivity index (χ1) is 14.2. The van der Waals surface area contributed by atoms with Crippen molar-refractivity contribution in [3.05, 3.63) is 41.2 Å². The number of piperidine rings is 1. The van der Waals surface area contributed by atoms with Crippen molar-refractivity contribution >= 4 is 39.4 Å². The summed E-state index contributed by atoms with van der Waals surface area (Å²) in [6, 6.07) is 7.79. The van der Waals surface area contributed by atoms with Crippen molar-refractivity contribution in [2.75, 3.05) is 24.5 Å². The first-order valence-corrected chi connectivity index (χ1v) is 10.9. The smallest absolute Gasteiger partial charge is 0.228 e. The van der Waals surface area contributed by atoms with Crippen molar-refractivity contribution in [2.45, 2.75) is 38.0 Å². The largest absolute Gasteiger partial charge is 0.440 e. The summed E-state index contributed by atoms with van der Waals surface area (Å²) in [6.45, 7) is 2.12. The average Bonchev–Trinajstić information content (AvgIpc) is 3.47. The molecule has 0 radical (unpaired) electrons. The van der Waals surface area contributed by atoms with Gasteiger partial charge in [0.25, 0.3) is 0 Å². The number of fused-ring (bicyclic) bond motifs is 1. The van der Waals surface area contributed by atoms with Crippen LogP contribution in [0, 0.1) is 0 Å². The summed E-state index contributed by atoms with van der Waals surface area (Å²) >= 11 is 1.44. The Morgan fingerprint density at radius 3 is 2.76 bits per heavy atom. The Morgan fingerprint density at radius 1 is 1.17 bits per heavy atom. The number of thiazole rings is 1. The Bertz CT molecular complexity index is 1020. The third-order valence-electron chi connectivity index (χ3n) is 5.68. The van der Waals surface area contributed by atoms with Gasteiger partial charge in [-0.15, -0.1) is 11.3 Å². The number of anilines is 1. The quantitative estimate of drug-likeness (QED) is 0.659. The average molecular weight is 410 g/mol. The van der Waals surface area contributed by atoms with Gasteiger partial charge in [-0.2, -0.15) is 0 Å². The van der Waals surface area contributed by atoms with E-state index in [1.54, 1.807) is 4.90 Å². The molecule has 8 heteroatoms. The number of nitrogens with zero attached hydrogens (tertiary/aromatic N) is 4. The third-order valence-corrected chi connectivity index (χ3v) is 6.60. The summed E-state index contributed by atoms with van der Waals surface area (Å²) in [5.74, 6) is 1.24. The molecule has 0 aliphatic carbocycles. The molecule has 0 N–H and O–H groups in total. The lowest BCUT2D eigenvalue weighted by Crippen LogP contribution is -2.38. The van der Waals surface area contributed by atoms with Crippen molar-refractivity contribution in [3.8, 4) is 0 Å². The van der Waals surface area contributed by atoms with Crippen LogP contribution in [-0.2, 0) is 16.0 Å². The molecule has 0 bridgehead atoms. The number of carbonyl (C=O) groups excluding carboxylic acids is 2. The SMILES string of the molecule is O=C(Cc1csc(N2CCCC2=O)n1)N1CCC(c2nc3ccccc3o2)CC1. The highest BCUT2D eigenvalue weighted by Gasteiger charge is 2.28. The monoisotopic (exact) mass is 410 g/mol. The van der Waals surface area contributed by atoms with Gasteiger partial charge in [0, 0.05) is 37.4 Å². The Kier molecular flexibility index (Phi) is 4.79. The number of benzene rings is 1. The van der Waals surface area contributed by atoms with Crippen LogP contribution < -0.4 is 4.90 Å². The number of oxazole rings is 1. The molecular weight excluding hydrogens is 388 g/mol. The predicted octanol–water partition coefficient (Wildman–Crippen LogP) is 3.36. The highest BCUT2D eigenvalue weighted by Crippen LogP contribution is 2.30. The van der Waals surface area contributed by atoms with Crippen LogP contribution in [0.5, 0.6) is 0 Å². The number of hydrogen-bond acceptors (Lipinski definition) is 6. The van der Waals surface area contributed by atoms with Crippen LogP contribution in [0.25, 0.3) is 11.1 Å². The molecule has 0 saturated carbocycles. The lowest BCUT2D eigenvalue weighted by molar-refractivity contribution is -0.131. The van der Waals surface area contributed by atoms with Crippen LogP contribution in [0.15, 0.2) is 34.1 Å². The lowest BCUT2D eigenvalue weighted by Gasteiger charge is -2.30. The topological polar surface area (TPSA) is 79.5 Å². The van der Waals surface area contributed by atoms with E-state index in [4.69, 9.17) is 4.42 Å². The zero-order chi connectivity index (χ0) is 19.8. The van der Waals surface area contributed by atoms with Crippen LogP contribution in [0.4, 0.5) is 5.13 Å². The minimum absolute atomic E-state index is 0.0885. The number of likely N-dealkylation sites (tertiary alicyclic amines) is 1. The van der Waals surface area contributed by atoms with Gasteiger partial charge in [0.05, 0.1) is 12.1 Å². The second-order valence-corrected chi connectivity index (χ2v) is 8.46. The minimum atomic E-state index is 0.0885. The predicted molar refractivity (Wildman–Crippen MR) is 110 cm³/mol. The summed E-state index contributed by atoms with van der Waals surface area (Å²) in [4.78, 5) is 37.3. The van der Waals surface area contributed by atoms with Crippen LogP contribution in [0.3, 0.4) is 0 Å². The molecule has 0 atom stereocenters. The molecule has 0 unspecified atom stereocenters. The van der Waals surface area contributed by atoms with Crippen LogP contribution in [-0.4, -0.2) is 46.3 Å². The van der Waals surface area contributed by atoms with Crippen LogP contribution >= 0.6 is 11.3 Å². The number of aromatic nitrogens is 2. The summed E-state index contributed by atoms with van der Waals surface area (Å²) in [5.41, 5.74) is 2.45. The van der Waals surface area contributed by atoms with Gasteiger partial charge in [0.1, 0.15) is 5.52 Å². The molecule has 3 aromatic rings. The minimum Gasteiger partial charge on any atom is -0.440 e. The first kappa shape index (κ1) is 18.3. The van der Waals surface area contributed by atoms with Crippen molar-refractivity contribution in [1.82, 2.24) is 14.9 Å². The Morgan fingerprint density at radius 2 is 2.00 bits per heavy atom. The normalized spacial score (nSPS) is 18.1. The second-order valence-electron chi connectivity index (χ2n) is 7.62. The van der Waals surface area contributed by atoms with E-state index in [0.29, 0.717) is 24.6 Å². The maximum absolute atomic E-state index is 12.7. The van der Waals surface area contributed by atoms with Gasteiger partial charge >= 0.3 is 0 Å². The van der Waals surface area contributed by atoms with Gasteiger partial charge in [0.15, 0.2) is 16.6 Å². The standard InChI is InChI=1S/C21H22N4O3S/c26-18-6-3-9-25(18)21-22-15(13-29-21)12-19(27)24-10-7-14(8-11-24)20-23-16-4-1-2-5-17(16)28-20/h1-2,4-5,13-14H,3,6-12H2. The summed E-state index contributed by atoms with van der Waals surface area (Å²) < 4.78 is 5.90. The molecular formula is C21H22N4O3S. The molecule has 0 spiro atoms. The Labute approximate surface area is 172 Å². The van der Waals surface area contributed by atoms with Gasteiger partial charge in [-0.3, -0.25) is 14.5 Å². The van der Waals surface area contributed by atoms with Gasteiger partial charge in [-0.25, -0.2) is 9.97 Å². The number of amides is 2. The summed E-state index contributed by atoms with van der Waals surface area (Å²) in [6.07, 6.45) is 3.45. The van der Waals surface area contributed by atoms with E-state index < -0.39 is 0 Å². The molecule has 2 aliphatic heterocycles.